The van der Waals surface area contributed by atoms with Crippen LogP contribution in [0.5, 0.6) is 0 Å². The number of hydrogen-bond donors (Lipinski definition) is 1. The Hall–Kier alpha value is -1.84. The van der Waals surface area contributed by atoms with Crippen molar-refractivity contribution in [3.8, 4) is 0 Å². The van der Waals surface area contributed by atoms with E-state index in [1.165, 1.54) is 0 Å². The number of carbonyl (C=O) groups is 1. The topological polar surface area (TPSA) is 53.2 Å². The number of H-pyrrole nitrogens is 1. The summed E-state index contributed by atoms with van der Waals surface area (Å²) in [7, 11) is 0. The van der Waals surface area contributed by atoms with Gasteiger partial charge in [0, 0.05) is 12.2 Å². The second-order valence-corrected chi connectivity index (χ2v) is 6.32. The van der Waals surface area contributed by atoms with Crippen LogP contribution in [-0.2, 0) is 12.8 Å². The molecule has 2 heterocycles. The molecule has 3 rings (SSSR count). The highest BCUT2D eigenvalue weighted by Gasteiger charge is 2.27. The van der Waals surface area contributed by atoms with Gasteiger partial charge in [-0.2, -0.15) is 0 Å². The quantitative estimate of drug-likeness (QED) is 0.869. The van der Waals surface area contributed by atoms with Gasteiger partial charge < -0.3 is 9.88 Å². The number of carbonyl (C=O) groups excluding carboxylic acids is 1. The summed E-state index contributed by atoms with van der Waals surface area (Å²) in [6.45, 7) is 2.77. The molecule has 0 fully saturated rings. The van der Waals surface area contributed by atoms with Gasteiger partial charge in [-0.15, -0.1) is 0 Å². The van der Waals surface area contributed by atoms with Crippen molar-refractivity contribution in [2.24, 2.45) is 0 Å². The van der Waals surface area contributed by atoms with Gasteiger partial charge in [-0.25, -0.2) is 0 Å². The fraction of sp³-hybridized carbons (Fsp3) is 0.556. The first-order chi connectivity index (χ1) is 10.7. The SMILES string of the molecule is CCCC[C@@H]1C=CCN1C(=O)c1cc2c([nH]c1=O)CCCC2. The summed E-state index contributed by atoms with van der Waals surface area (Å²) >= 11 is 0. The average Bonchev–Trinajstić information content (AvgIpc) is 3.00. The first kappa shape index (κ1) is 15.1. The summed E-state index contributed by atoms with van der Waals surface area (Å²) in [6, 6.07) is 1.98. The Morgan fingerprint density at radius 3 is 3.00 bits per heavy atom. The van der Waals surface area contributed by atoms with Crippen molar-refractivity contribution in [3.05, 3.63) is 45.4 Å². The Bertz CT molecular complexity index is 645. The van der Waals surface area contributed by atoms with E-state index in [-0.39, 0.29) is 17.5 Å². The van der Waals surface area contributed by atoms with E-state index in [2.05, 4.69) is 18.0 Å². The zero-order valence-corrected chi connectivity index (χ0v) is 13.2. The molecule has 0 aromatic carbocycles. The Labute approximate surface area is 131 Å². The lowest BCUT2D eigenvalue weighted by Crippen LogP contribution is -2.39. The van der Waals surface area contributed by atoms with Crippen LogP contribution in [0.2, 0.25) is 0 Å². The Morgan fingerprint density at radius 1 is 1.36 bits per heavy atom. The van der Waals surface area contributed by atoms with E-state index in [4.69, 9.17) is 0 Å². The highest BCUT2D eigenvalue weighted by Crippen LogP contribution is 2.21. The summed E-state index contributed by atoms with van der Waals surface area (Å²) in [5.41, 5.74) is 2.25. The Morgan fingerprint density at radius 2 is 2.18 bits per heavy atom. The maximum Gasteiger partial charge on any atom is 0.261 e. The van der Waals surface area contributed by atoms with Crippen LogP contribution in [0, 0.1) is 0 Å². The summed E-state index contributed by atoms with van der Waals surface area (Å²) in [5.74, 6) is -0.124. The Balaban J connectivity index is 1.84. The molecular formula is C18H24N2O2. The first-order valence-corrected chi connectivity index (χ1v) is 8.43. The molecule has 1 aromatic heterocycles. The van der Waals surface area contributed by atoms with Crippen molar-refractivity contribution in [2.45, 2.75) is 57.9 Å². The predicted octanol–water partition coefficient (Wildman–Crippen LogP) is 2.82. The number of unbranched alkanes of at least 4 members (excludes halogenated alkanes) is 1. The van der Waals surface area contributed by atoms with Gasteiger partial charge in [-0.3, -0.25) is 9.59 Å². The van der Waals surface area contributed by atoms with Gasteiger partial charge in [0.05, 0.1) is 6.04 Å². The number of rotatable bonds is 4. The van der Waals surface area contributed by atoms with Gasteiger partial charge in [0.1, 0.15) is 5.56 Å². The van der Waals surface area contributed by atoms with Crippen molar-refractivity contribution in [1.29, 1.82) is 0 Å². The van der Waals surface area contributed by atoms with Crippen molar-refractivity contribution in [2.75, 3.05) is 6.54 Å². The van der Waals surface area contributed by atoms with E-state index >= 15 is 0 Å². The highest BCUT2D eigenvalue weighted by molar-refractivity contribution is 5.94. The number of amides is 1. The van der Waals surface area contributed by atoms with E-state index in [1.807, 2.05) is 17.0 Å². The van der Waals surface area contributed by atoms with Crippen LogP contribution in [0.3, 0.4) is 0 Å². The van der Waals surface area contributed by atoms with Gasteiger partial charge in [-0.1, -0.05) is 31.9 Å². The van der Waals surface area contributed by atoms with Crippen molar-refractivity contribution in [1.82, 2.24) is 9.88 Å². The molecule has 1 aliphatic heterocycles. The number of aromatic amines is 1. The highest BCUT2D eigenvalue weighted by atomic mass is 16.2. The standard InChI is InChI=1S/C18H24N2O2/c1-2-3-8-14-9-6-11-20(14)18(22)15-12-13-7-4-5-10-16(13)19-17(15)21/h6,9,12,14H,2-5,7-8,10-11H2,1H3,(H,19,21)/t14-/m1/s1. The van der Waals surface area contributed by atoms with Crippen LogP contribution in [-0.4, -0.2) is 28.4 Å². The van der Waals surface area contributed by atoms with Crippen molar-refractivity contribution < 1.29 is 4.79 Å². The van der Waals surface area contributed by atoms with E-state index in [0.717, 1.165) is 56.2 Å². The minimum absolute atomic E-state index is 0.124. The van der Waals surface area contributed by atoms with E-state index < -0.39 is 0 Å². The van der Waals surface area contributed by atoms with E-state index in [1.54, 1.807) is 0 Å². The molecule has 0 radical (unpaired) electrons. The molecule has 0 unspecified atom stereocenters. The average molecular weight is 300 g/mol. The minimum atomic E-state index is -0.230. The molecule has 118 valence electrons. The molecule has 1 aliphatic carbocycles. The lowest BCUT2D eigenvalue weighted by molar-refractivity contribution is 0.0741. The van der Waals surface area contributed by atoms with Gasteiger partial charge in [0.2, 0.25) is 0 Å². The third-order valence-electron chi connectivity index (χ3n) is 4.74. The van der Waals surface area contributed by atoms with E-state index in [0.29, 0.717) is 12.1 Å². The molecule has 4 heteroatoms. The van der Waals surface area contributed by atoms with Gasteiger partial charge >= 0.3 is 0 Å². The smallest absolute Gasteiger partial charge is 0.261 e. The van der Waals surface area contributed by atoms with Crippen LogP contribution in [0.25, 0.3) is 0 Å². The lowest BCUT2D eigenvalue weighted by Gasteiger charge is -2.25. The molecule has 22 heavy (non-hydrogen) atoms. The second-order valence-electron chi connectivity index (χ2n) is 6.32. The summed E-state index contributed by atoms with van der Waals surface area (Å²) in [5, 5.41) is 0. The van der Waals surface area contributed by atoms with Crippen LogP contribution < -0.4 is 5.56 Å². The third kappa shape index (κ3) is 2.87. The minimum Gasteiger partial charge on any atom is -0.328 e. The maximum absolute atomic E-state index is 12.8. The fourth-order valence-corrected chi connectivity index (χ4v) is 3.46. The molecule has 0 spiro atoms. The zero-order chi connectivity index (χ0) is 15.5. The zero-order valence-electron chi connectivity index (χ0n) is 13.2. The maximum atomic E-state index is 12.8. The fourth-order valence-electron chi connectivity index (χ4n) is 3.46. The largest absolute Gasteiger partial charge is 0.328 e. The van der Waals surface area contributed by atoms with Crippen molar-refractivity contribution >= 4 is 5.91 Å². The predicted molar refractivity (Wildman–Crippen MR) is 87.2 cm³/mol. The normalized spacial score (nSPS) is 20.2. The molecule has 1 aromatic rings. The van der Waals surface area contributed by atoms with Crippen molar-refractivity contribution in [3.63, 3.8) is 0 Å². The number of pyridine rings is 1. The van der Waals surface area contributed by atoms with Crippen LogP contribution in [0.1, 0.15) is 60.6 Å². The molecule has 0 bridgehead atoms. The molecule has 1 N–H and O–H groups in total. The first-order valence-electron chi connectivity index (χ1n) is 8.43. The summed E-state index contributed by atoms with van der Waals surface area (Å²) in [4.78, 5) is 29.8. The molecule has 0 saturated carbocycles. The van der Waals surface area contributed by atoms with Crippen LogP contribution >= 0.6 is 0 Å². The molecule has 1 amide bonds. The third-order valence-corrected chi connectivity index (χ3v) is 4.74. The lowest BCUT2D eigenvalue weighted by atomic mass is 9.95. The molecule has 1 atom stereocenters. The van der Waals surface area contributed by atoms with Gasteiger partial charge in [0.15, 0.2) is 0 Å². The number of nitrogens with one attached hydrogen (secondary N) is 1. The summed E-state index contributed by atoms with van der Waals surface area (Å²) < 4.78 is 0. The summed E-state index contributed by atoms with van der Waals surface area (Å²) in [6.07, 6.45) is 11.5. The number of hydrogen-bond acceptors (Lipinski definition) is 2. The Kier molecular flexibility index (Phi) is 4.46. The number of aromatic nitrogens is 1. The number of nitrogens with zero attached hydrogens (tertiary/aromatic N) is 1. The number of fused-ring (bicyclic) bond motifs is 1. The number of aryl methyl sites for hydroxylation is 2. The molecule has 4 nitrogen and oxygen atoms in total. The second kappa shape index (κ2) is 6.51. The van der Waals surface area contributed by atoms with Crippen LogP contribution in [0.4, 0.5) is 0 Å². The molecular weight excluding hydrogens is 276 g/mol. The van der Waals surface area contributed by atoms with Gasteiger partial charge in [-0.05, 0) is 43.7 Å². The van der Waals surface area contributed by atoms with Gasteiger partial charge in [0.25, 0.3) is 11.5 Å². The molecule has 0 saturated heterocycles. The monoisotopic (exact) mass is 300 g/mol. The van der Waals surface area contributed by atoms with Crippen LogP contribution in [0.15, 0.2) is 23.0 Å². The molecule has 2 aliphatic rings. The van der Waals surface area contributed by atoms with E-state index in [9.17, 15) is 9.59 Å².